The van der Waals surface area contributed by atoms with Gasteiger partial charge >= 0.3 is 0 Å². The molecule has 0 bridgehead atoms. The highest BCUT2D eigenvalue weighted by molar-refractivity contribution is 5.25. The van der Waals surface area contributed by atoms with Gasteiger partial charge < -0.3 is 10.1 Å². The number of hydrogen-bond donors (Lipinski definition) is 1. The second kappa shape index (κ2) is 7.32. The molecule has 4 nitrogen and oxygen atoms in total. The van der Waals surface area contributed by atoms with Crippen molar-refractivity contribution >= 4 is 0 Å². The van der Waals surface area contributed by atoms with Crippen molar-refractivity contribution in [1.29, 1.82) is 0 Å². The zero-order valence-electron chi connectivity index (χ0n) is 14.1. The number of aryl methyl sites for hydroxylation is 2. The van der Waals surface area contributed by atoms with Crippen LogP contribution in [0.5, 0.6) is 0 Å². The average molecular weight is 291 g/mol. The van der Waals surface area contributed by atoms with E-state index in [1.807, 2.05) is 13.8 Å². The van der Waals surface area contributed by atoms with Crippen LogP contribution in [0, 0.1) is 19.8 Å². The van der Waals surface area contributed by atoms with Crippen LogP contribution in [0.1, 0.15) is 62.5 Å². The van der Waals surface area contributed by atoms with Crippen LogP contribution in [0.25, 0.3) is 0 Å². The molecule has 1 heterocycles. The van der Waals surface area contributed by atoms with Gasteiger partial charge in [0.2, 0.25) is 0 Å². The van der Waals surface area contributed by atoms with Crippen molar-refractivity contribution in [2.75, 3.05) is 13.2 Å². The summed E-state index contributed by atoms with van der Waals surface area (Å²) < 4.78 is 5.60. The Morgan fingerprint density at radius 1 is 1.19 bits per heavy atom. The monoisotopic (exact) mass is 291 g/mol. The number of rotatable bonds is 8. The Morgan fingerprint density at radius 2 is 1.81 bits per heavy atom. The van der Waals surface area contributed by atoms with E-state index in [4.69, 9.17) is 4.74 Å². The van der Waals surface area contributed by atoms with Crippen LogP contribution >= 0.6 is 0 Å². The lowest BCUT2D eigenvalue weighted by molar-refractivity contribution is 0.0697. The van der Waals surface area contributed by atoms with Crippen molar-refractivity contribution in [3.05, 3.63) is 22.8 Å². The van der Waals surface area contributed by atoms with Gasteiger partial charge in [-0.15, -0.1) is 0 Å². The van der Waals surface area contributed by atoms with E-state index in [2.05, 4.69) is 36.1 Å². The smallest absolute Gasteiger partial charge is 0.157 e. The van der Waals surface area contributed by atoms with Crippen molar-refractivity contribution in [1.82, 2.24) is 15.3 Å². The molecular formula is C17H29N3O. The van der Waals surface area contributed by atoms with Crippen LogP contribution in [-0.4, -0.2) is 29.2 Å². The van der Waals surface area contributed by atoms with Gasteiger partial charge in [0.15, 0.2) is 5.82 Å². The molecule has 2 rings (SSSR count). The van der Waals surface area contributed by atoms with E-state index < -0.39 is 0 Å². The molecule has 1 aliphatic rings. The standard InChI is InChI=1S/C17H29N3O/c1-6-21-14(5)17-19-12(3)16(13(4)20-17)9-11(2)10-18-15-7-8-15/h11,14-15,18H,6-10H2,1-5H3. The lowest BCUT2D eigenvalue weighted by Gasteiger charge is -2.18. The third-order valence-corrected chi connectivity index (χ3v) is 4.10. The Morgan fingerprint density at radius 3 is 2.33 bits per heavy atom. The van der Waals surface area contributed by atoms with E-state index in [-0.39, 0.29) is 6.10 Å². The topological polar surface area (TPSA) is 47.0 Å². The predicted molar refractivity (Wildman–Crippen MR) is 85.4 cm³/mol. The summed E-state index contributed by atoms with van der Waals surface area (Å²) in [6.07, 6.45) is 3.70. The fourth-order valence-electron chi connectivity index (χ4n) is 2.64. The molecule has 2 atom stereocenters. The number of ether oxygens (including phenoxy) is 1. The van der Waals surface area contributed by atoms with Crippen LogP contribution in [-0.2, 0) is 11.2 Å². The van der Waals surface area contributed by atoms with Gasteiger partial charge in [0.05, 0.1) is 0 Å². The second-order valence-electron chi connectivity index (χ2n) is 6.32. The highest BCUT2D eigenvalue weighted by Gasteiger charge is 2.21. The molecule has 0 amide bonds. The summed E-state index contributed by atoms with van der Waals surface area (Å²) in [5.74, 6) is 1.42. The molecule has 118 valence electrons. The van der Waals surface area contributed by atoms with Gasteiger partial charge in [0, 0.05) is 24.0 Å². The zero-order valence-corrected chi connectivity index (χ0v) is 14.1. The molecule has 0 aliphatic heterocycles. The fraction of sp³-hybridized carbons (Fsp3) is 0.765. The summed E-state index contributed by atoms with van der Waals surface area (Å²) in [4.78, 5) is 9.31. The van der Waals surface area contributed by atoms with Crippen LogP contribution in [0.15, 0.2) is 0 Å². The summed E-state index contributed by atoms with van der Waals surface area (Å²) in [7, 11) is 0. The van der Waals surface area contributed by atoms with Gasteiger partial charge in [-0.2, -0.15) is 0 Å². The number of hydrogen-bond acceptors (Lipinski definition) is 4. The quantitative estimate of drug-likeness (QED) is 0.799. The number of aromatic nitrogens is 2. The highest BCUT2D eigenvalue weighted by atomic mass is 16.5. The Hall–Kier alpha value is -1.00. The first-order valence-corrected chi connectivity index (χ1v) is 8.20. The minimum Gasteiger partial charge on any atom is -0.371 e. The van der Waals surface area contributed by atoms with Crippen molar-refractivity contribution in [2.45, 2.75) is 66.0 Å². The first kappa shape index (κ1) is 16.4. The maximum atomic E-state index is 5.60. The van der Waals surface area contributed by atoms with Gasteiger partial charge in [-0.05, 0) is 65.0 Å². The van der Waals surface area contributed by atoms with Crippen LogP contribution in [0.2, 0.25) is 0 Å². The second-order valence-corrected chi connectivity index (χ2v) is 6.32. The van der Waals surface area contributed by atoms with Crippen molar-refractivity contribution in [3.63, 3.8) is 0 Å². The predicted octanol–water partition coefficient (Wildman–Crippen LogP) is 3.12. The first-order valence-electron chi connectivity index (χ1n) is 8.20. The molecule has 1 aromatic heterocycles. The van der Waals surface area contributed by atoms with E-state index >= 15 is 0 Å². The highest BCUT2D eigenvalue weighted by Crippen LogP contribution is 2.21. The summed E-state index contributed by atoms with van der Waals surface area (Å²) in [6.45, 7) is 12.3. The Labute approximate surface area is 128 Å². The molecule has 1 N–H and O–H groups in total. The van der Waals surface area contributed by atoms with E-state index in [0.717, 1.165) is 36.2 Å². The molecule has 4 heteroatoms. The molecule has 0 saturated heterocycles. The Kier molecular flexibility index (Phi) is 5.71. The fourth-order valence-corrected chi connectivity index (χ4v) is 2.64. The molecule has 1 aromatic rings. The van der Waals surface area contributed by atoms with E-state index in [1.165, 1.54) is 18.4 Å². The molecule has 1 saturated carbocycles. The van der Waals surface area contributed by atoms with Gasteiger partial charge in [0.1, 0.15) is 6.10 Å². The first-order chi connectivity index (χ1) is 10.0. The lowest BCUT2D eigenvalue weighted by Crippen LogP contribution is -2.25. The van der Waals surface area contributed by atoms with E-state index in [9.17, 15) is 0 Å². The maximum Gasteiger partial charge on any atom is 0.157 e. The summed E-state index contributed by atoms with van der Waals surface area (Å²) >= 11 is 0. The third kappa shape index (κ3) is 4.75. The zero-order chi connectivity index (χ0) is 15.4. The summed E-state index contributed by atoms with van der Waals surface area (Å²) in [5, 5.41) is 3.60. The van der Waals surface area contributed by atoms with Gasteiger partial charge in [0.25, 0.3) is 0 Å². The number of nitrogens with zero attached hydrogens (tertiary/aromatic N) is 2. The minimum atomic E-state index is -0.0320. The maximum absolute atomic E-state index is 5.60. The molecule has 0 radical (unpaired) electrons. The van der Waals surface area contributed by atoms with Crippen molar-refractivity contribution < 1.29 is 4.74 Å². The Bertz CT molecular complexity index is 448. The summed E-state index contributed by atoms with van der Waals surface area (Å²) in [6, 6.07) is 0.778. The van der Waals surface area contributed by atoms with Gasteiger partial charge in [-0.1, -0.05) is 6.92 Å². The van der Waals surface area contributed by atoms with Crippen LogP contribution < -0.4 is 5.32 Å². The number of nitrogens with one attached hydrogen (secondary N) is 1. The lowest BCUT2D eigenvalue weighted by atomic mass is 9.98. The molecular weight excluding hydrogens is 262 g/mol. The normalized spacial score (nSPS) is 17.8. The molecule has 0 aromatic carbocycles. The van der Waals surface area contributed by atoms with Gasteiger partial charge in [-0.3, -0.25) is 0 Å². The largest absolute Gasteiger partial charge is 0.371 e. The Balaban J connectivity index is 2.01. The SMILES string of the molecule is CCOC(C)c1nc(C)c(CC(C)CNC2CC2)c(C)n1. The van der Waals surface area contributed by atoms with Crippen LogP contribution in [0.4, 0.5) is 0 Å². The minimum absolute atomic E-state index is 0.0320. The van der Waals surface area contributed by atoms with E-state index in [0.29, 0.717) is 12.5 Å². The molecule has 2 unspecified atom stereocenters. The third-order valence-electron chi connectivity index (χ3n) is 4.10. The van der Waals surface area contributed by atoms with Gasteiger partial charge in [-0.25, -0.2) is 9.97 Å². The average Bonchev–Trinajstić information content (AvgIpc) is 3.24. The molecule has 0 spiro atoms. The van der Waals surface area contributed by atoms with Crippen molar-refractivity contribution in [3.8, 4) is 0 Å². The molecule has 21 heavy (non-hydrogen) atoms. The molecule has 1 aliphatic carbocycles. The molecule has 1 fully saturated rings. The summed E-state index contributed by atoms with van der Waals surface area (Å²) in [5.41, 5.74) is 3.50. The van der Waals surface area contributed by atoms with Crippen LogP contribution in [0.3, 0.4) is 0 Å². The van der Waals surface area contributed by atoms with Crippen molar-refractivity contribution in [2.24, 2.45) is 5.92 Å². The van der Waals surface area contributed by atoms with E-state index in [1.54, 1.807) is 0 Å².